The molecule has 1 aliphatic rings. The van der Waals surface area contributed by atoms with Gasteiger partial charge in [0, 0.05) is 12.5 Å². The van der Waals surface area contributed by atoms with Crippen LogP contribution in [0.3, 0.4) is 0 Å². The van der Waals surface area contributed by atoms with E-state index in [1.807, 2.05) is 6.08 Å². The first-order valence-electron chi connectivity index (χ1n) is 2.41. The van der Waals surface area contributed by atoms with E-state index in [0.717, 1.165) is 6.54 Å². The van der Waals surface area contributed by atoms with Crippen LogP contribution in [0.2, 0.25) is 0 Å². The van der Waals surface area contributed by atoms with Crippen LogP contribution in [0.5, 0.6) is 0 Å². The van der Waals surface area contributed by atoms with Gasteiger partial charge in [0.2, 0.25) is 0 Å². The molecule has 0 aromatic carbocycles. The second-order valence-electron chi connectivity index (χ2n) is 1.78. The van der Waals surface area contributed by atoms with Crippen LogP contribution >= 0.6 is 0 Å². The Morgan fingerprint density at radius 2 is 2.57 bits per heavy atom. The lowest BCUT2D eigenvalue weighted by atomic mass is 9.90. The number of nitrogens with two attached hydrogens (primary N) is 1. The standard InChI is InChI=1S/C6H9N/c1-5-2-3-6(5)4-7/h2-3,6H,1,4,7H2. The zero-order chi connectivity index (χ0) is 5.28. The summed E-state index contributed by atoms with van der Waals surface area (Å²) in [7, 11) is 0. The second-order valence-corrected chi connectivity index (χ2v) is 1.78. The summed E-state index contributed by atoms with van der Waals surface area (Å²) in [5.74, 6) is 0.486. The van der Waals surface area contributed by atoms with Crippen molar-refractivity contribution in [1.29, 1.82) is 0 Å². The van der Waals surface area contributed by atoms with Gasteiger partial charge in [-0.3, -0.25) is 0 Å². The third-order valence-electron chi connectivity index (χ3n) is 1.27. The van der Waals surface area contributed by atoms with Gasteiger partial charge in [0.1, 0.15) is 0 Å². The van der Waals surface area contributed by atoms with Crippen molar-refractivity contribution in [3.05, 3.63) is 24.3 Å². The van der Waals surface area contributed by atoms with E-state index in [2.05, 4.69) is 12.7 Å². The molecule has 7 heavy (non-hydrogen) atoms. The SMILES string of the molecule is C=C1C=CC1CN. The topological polar surface area (TPSA) is 26.0 Å². The number of hydrogen-bond acceptors (Lipinski definition) is 1. The first-order valence-corrected chi connectivity index (χ1v) is 2.41. The summed E-state index contributed by atoms with van der Waals surface area (Å²) in [6.07, 6.45) is 4.07. The van der Waals surface area contributed by atoms with Crippen molar-refractivity contribution in [2.75, 3.05) is 6.54 Å². The number of rotatable bonds is 1. The average molecular weight is 95.1 g/mol. The fraction of sp³-hybridized carbons (Fsp3) is 0.333. The van der Waals surface area contributed by atoms with E-state index in [1.165, 1.54) is 5.57 Å². The lowest BCUT2D eigenvalue weighted by Crippen LogP contribution is -2.17. The summed E-state index contributed by atoms with van der Waals surface area (Å²) in [5.41, 5.74) is 6.48. The summed E-state index contributed by atoms with van der Waals surface area (Å²) in [6, 6.07) is 0. The van der Waals surface area contributed by atoms with Crippen LogP contribution in [-0.2, 0) is 0 Å². The van der Waals surface area contributed by atoms with E-state index in [-0.39, 0.29) is 0 Å². The molecule has 0 fully saturated rings. The molecular formula is C6H9N. The molecule has 1 rings (SSSR count). The van der Waals surface area contributed by atoms with Gasteiger partial charge in [0.05, 0.1) is 0 Å². The van der Waals surface area contributed by atoms with Gasteiger partial charge in [0.25, 0.3) is 0 Å². The van der Waals surface area contributed by atoms with Crippen molar-refractivity contribution in [1.82, 2.24) is 0 Å². The van der Waals surface area contributed by atoms with E-state index in [9.17, 15) is 0 Å². The fourth-order valence-corrected chi connectivity index (χ4v) is 0.598. The molecule has 38 valence electrons. The molecule has 0 heterocycles. The normalized spacial score (nSPS) is 27.6. The molecule has 2 N–H and O–H groups in total. The van der Waals surface area contributed by atoms with Crippen LogP contribution in [0.4, 0.5) is 0 Å². The molecule has 1 aliphatic carbocycles. The van der Waals surface area contributed by atoms with Crippen molar-refractivity contribution < 1.29 is 0 Å². The van der Waals surface area contributed by atoms with Crippen molar-refractivity contribution in [3.8, 4) is 0 Å². The van der Waals surface area contributed by atoms with Crippen LogP contribution in [0.15, 0.2) is 24.3 Å². The molecule has 1 atom stereocenters. The molecule has 1 unspecified atom stereocenters. The van der Waals surface area contributed by atoms with Crippen LogP contribution in [0.1, 0.15) is 0 Å². The number of allylic oxidation sites excluding steroid dienone is 1. The van der Waals surface area contributed by atoms with Gasteiger partial charge in [-0.05, 0) is 5.57 Å². The highest BCUT2D eigenvalue weighted by atomic mass is 14.5. The highest BCUT2D eigenvalue weighted by Crippen LogP contribution is 2.19. The average Bonchev–Trinajstić information content (AvgIpc) is 1.65. The van der Waals surface area contributed by atoms with Gasteiger partial charge in [-0.2, -0.15) is 0 Å². The largest absolute Gasteiger partial charge is 0.330 e. The van der Waals surface area contributed by atoms with Gasteiger partial charge in [-0.15, -0.1) is 0 Å². The van der Waals surface area contributed by atoms with Crippen molar-refractivity contribution in [2.24, 2.45) is 11.7 Å². The molecule has 0 saturated carbocycles. The predicted molar refractivity (Wildman–Crippen MR) is 30.8 cm³/mol. The van der Waals surface area contributed by atoms with Crippen LogP contribution in [-0.4, -0.2) is 6.54 Å². The van der Waals surface area contributed by atoms with Crippen LogP contribution < -0.4 is 5.73 Å². The fourth-order valence-electron chi connectivity index (χ4n) is 0.598. The Morgan fingerprint density at radius 1 is 1.86 bits per heavy atom. The first kappa shape index (κ1) is 4.60. The molecule has 0 amide bonds. The van der Waals surface area contributed by atoms with Gasteiger partial charge in [-0.1, -0.05) is 18.7 Å². The Labute approximate surface area is 43.5 Å². The van der Waals surface area contributed by atoms with E-state index in [0.29, 0.717) is 5.92 Å². The molecule has 1 heteroatoms. The molecule has 1 nitrogen and oxygen atoms in total. The highest BCUT2D eigenvalue weighted by Gasteiger charge is 2.10. The Morgan fingerprint density at radius 3 is 2.57 bits per heavy atom. The zero-order valence-electron chi connectivity index (χ0n) is 4.22. The van der Waals surface area contributed by atoms with Crippen molar-refractivity contribution >= 4 is 0 Å². The predicted octanol–water partition coefficient (Wildman–Crippen LogP) is 0.687. The van der Waals surface area contributed by atoms with Crippen LogP contribution in [0, 0.1) is 5.92 Å². The van der Waals surface area contributed by atoms with Crippen molar-refractivity contribution in [2.45, 2.75) is 0 Å². The van der Waals surface area contributed by atoms with Crippen molar-refractivity contribution in [3.63, 3.8) is 0 Å². The minimum Gasteiger partial charge on any atom is -0.330 e. The molecule has 0 radical (unpaired) electrons. The molecule has 0 aliphatic heterocycles. The zero-order valence-corrected chi connectivity index (χ0v) is 4.22. The minimum absolute atomic E-state index is 0.486. The molecular weight excluding hydrogens is 86.1 g/mol. The number of hydrogen-bond donors (Lipinski definition) is 1. The summed E-state index contributed by atoms with van der Waals surface area (Å²) in [5, 5.41) is 0. The second kappa shape index (κ2) is 1.51. The maximum Gasteiger partial charge on any atom is 0.0138 e. The monoisotopic (exact) mass is 95.1 g/mol. The Hall–Kier alpha value is -0.560. The molecule has 0 spiro atoms. The quantitative estimate of drug-likeness (QED) is 0.509. The summed E-state index contributed by atoms with van der Waals surface area (Å²) < 4.78 is 0. The van der Waals surface area contributed by atoms with E-state index in [1.54, 1.807) is 0 Å². The lowest BCUT2D eigenvalue weighted by molar-refractivity contribution is 0.751. The van der Waals surface area contributed by atoms with E-state index >= 15 is 0 Å². The van der Waals surface area contributed by atoms with Gasteiger partial charge in [-0.25, -0.2) is 0 Å². The lowest BCUT2D eigenvalue weighted by Gasteiger charge is -2.17. The Balaban J connectivity index is 2.49. The Kier molecular flexibility index (Phi) is 0.988. The molecule has 0 aromatic heterocycles. The maximum atomic E-state index is 5.31. The highest BCUT2D eigenvalue weighted by molar-refractivity contribution is 5.32. The third kappa shape index (κ3) is 0.591. The van der Waals surface area contributed by atoms with E-state index in [4.69, 9.17) is 5.73 Å². The summed E-state index contributed by atoms with van der Waals surface area (Å²) in [4.78, 5) is 0. The van der Waals surface area contributed by atoms with Crippen LogP contribution in [0.25, 0.3) is 0 Å². The molecule has 0 aromatic rings. The maximum absolute atomic E-state index is 5.31. The summed E-state index contributed by atoms with van der Waals surface area (Å²) >= 11 is 0. The van der Waals surface area contributed by atoms with E-state index < -0.39 is 0 Å². The van der Waals surface area contributed by atoms with Gasteiger partial charge < -0.3 is 5.73 Å². The third-order valence-corrected chi connectivity index (χ3v) is 1.27. The van der Waals surface area contributed by atoms with Gasteiger partial charge >= 0.3 is 0 Å². The molecule has 0 bridgehead atoms. The van der Waals surface area contributed by atoms with Gasteiger partial charge in [0.15, 0.2) is 0 Å². The minimum atomic E-state index is 0.486. The molecule has 0 saturated heterocycles. The summed E-state index contributed by atoms with van der Waals surface area (Å²) in [6.45, 7) is 4.46. The Bertz CT molecular complexity index is 113. The first-order chi connectivity index (χ1) is 3.34. The smallest absolute Gasteiger partial charge is 0.0138 e.